The number of nitrogens with one attached hydrogen (secondary N) is 4. The highest BCUT2D eigenvalue weighted by atomic mass is 19.4. The maximum absolute atomic E-state index is 13.7. The van der Waals surface area contributed by atoms with Crippen LogP contribution in [-0.4, -0.2) is 68.4 Å². The molecular formula is C29H29F10N7O5. The lowest BCUT2D eigenvalue weighted by atomic mass is 9.90. The molecule has 1 saturated carbocycles. The van der Waals surface area contributed by atoms with Crippen molar-refractivity contribution >= 4 is 40.5 Å². The summed E-state index contributed by atoms with van der Waals surface area (Å²) in [6.07, 6.45) is -11.3. The van der Waals surface area contributed by atoms with Gasteiger partial charge in [0.25, 0.3) is 5.91 Å². The number of anilines is 1. The van der Waals surface area contributed by atoms with E-state index in [-0.39, 0.29) is 36.0 Å². The largest absolute Gasteiger partial charge is 0.490 e. The van der Waals surface area contributed by atoms with E-state index in [9.17, 15) is 48.7 Å². The van der Waals surface area contributed by atoms with Crippen molar-refractivity contribution in [2.75, 3.05) is 5.32 Å². The molecule has 22 heteroatoms. The van der Waals surface area contributed by atoms with Gasteiger partial charge in [0, 0.05) is 24.0 Å². The molecule has 2 aromatic carbocycles. The molecular weight excluding hydrogens is 716 g/mol. The van der Waals surface area contributed by atoms with Gasteiger partial charge in [0.05, 0.1) is 11.1 Å². The number of carboxylic acids is 2. The van der Waals surface area contributed by atoms with Crippen molar-refractivity contribution in [1.82, 2.24) is 20.6 Å². The summed E-state index contributed by atoms with van der Waals surface area (Å²) < 4.78 is 116. The van der Waals surface area contributed by atoms with E-state index < -0.39 is 47.8 Å². The molecule has 280 valence electrons. The average molecular weight is 746 g/mol. The second kappa shape index (κ2) is 17.0. The Hall–Kier alpha value is -5.44. The maximum Gasteiger partial charge on any atom is 0.490 e. The third kappa shape index (κ3) is 13.4. The lowest BCUT2D eigenvalue weighted by molar-refractivity contribution is -0.193. The summed E-state index contributed by atoms with van der Waals surface area (Å²) in [7, 11) is 0. The number of carboxylic acid groups (broad SMARTS) is 2. The van der Waals surface area contributed by atoms with Crippen LogP contribution in [0, 0.1) is 18.2 Å². The first-order valence-electron chi connectivity index (χ1n) is 14.3. The number of hydrogen-bond acceptors (Lipinski definition) is 7. The molecule has 1 fully saturated rings. The van der Waals surface area contributed by atoms with Crippen molar-refractivity contribution in [2.24, 2.45) is 5.73 Å². The number of alkyl halides is 9. The Balaban J connectivity index is 0.000000543. The molecule has 4 rings (SSSR count). The number of nitrogens with zero attached hydrogens (tertiary/aromatic N) is 2. The van der Waals surface area contributed by atoms with Crippen LogP contribution >= 0.6 is 0 Å². The van der Waals surface area contributed by atoms with Crippen molar-refractivity contribution < 1.29 is 68.5 Å². The second-order valence-electron chi connectivity index (χ2n) is 10.8. The number of hydrogen-bond donors (Lipinski definition) is 7. The van der Waals surface area contributed by atoms with Gasteiger partial charge in [-0.25, -0.2) is 23.9 Å². The van der Waals surface area contributed by atoms with Crippen LogP contribution in [0.4, 0.5) is 49.7 Å². The minimum Gasteiger partial charge on any atom is -0.475 e. The topological polar surface area (TPSA) is 203 Å². The lowest BCUT2D eigenvalue weighted by Gasteiger charge is -2.33. The second-order valence-corrected chi connectivity index (χ2v) is 10.8. The van der Waals surface area contributed by atoms with Gasteiger partial charge in [0.15, 0.2) is 5.96 Å². The molecule has 3 aromatic rings. The molecule has 0 spiro atoms. The van der Waals surface area contributed by atoms with Crippen LogP contribution in [0.3, 0.4) is 0 Å². The quantitative estimate of drug-likeness (QED) is 0.0960. The zero-order valence-corrected chi connectivity index (χ0v) is 26.0. The number of guanidine groups is 1. The first kappa shape index (κ1) is 41.7. The van der Waals surface area contributed by atoms with Crippen LogP contribution in [0.15, 0.2) is 36.4 Å². The van der Waals surface area contributed by atoms with Crippen molar-refractivity contribution in [3.63, 3.8) is 0 Å². The minimum atomic E-state index is -5.08. The molecule has 0 saturated heterocycles. The number of benzene rings is 2. The highest BCUT2D eigenvalue weighted by molar-refractivity contribution is 5.96. The fraction of sp³-hybridized carbons (Fsp3) is 0.379. The summed E-state index contributed by atoms with van der Waals surface area (Å²) in [4.78, 5) is 39.5. The molecule has 51 heavy (non-hydrogen) atoms. The molecule has 1 amide bonds. The van der Waals surface area contributed by atoms with E-state index >= 15 is 0 Å². The van der Waals surface area contributed by atoms with Gasteiger partial charge < -0.3 is 31.9 Å². The van der Waals surface area contributed by atoms with Crippen molar-refractivity contribution in [3.05, 3.63) is 64.7 Å². The minimum absolute atomic E-state index is 0.0456. The van der Waals surface area contributed by atoms with Crippen LogP contribution in [-0.2, 0) is 22.3 Å². The van der Waals surface area contributed by atoms with Crippen LogP contribution in [0.25, 0.3) is 10.9 Å². The van der Waals surface area contributed by atoms with E-state index in [0.29, 0.717) is 22.8 Å². The first-order chi connectivity index (χ1) is 23.4. The van der Waals surface area contributed by atoms with Gasteiger partial charge in [-0.05, 0) is 55.7 Å². The standard InChI is InChI=1S/C25H27F4N7O.2C2HF3O2/c1-13-6-7-18-17(8-13)21(34-19-4-2-3-5-20(19)35-24(30)31)36-22(33-18)23(37)32-12-14-9-15(25(27,28)29)11-16(26)10-14;2*3-2(4,5)1(6)7/h6-11,19-20H,2-5,12H2,1H3,(H,32,37)(H4,30,31,35)(H,33,34,36);2*(H,6,7). The Morgan fingerprint density at radius 3 is 1.94 bits per heavy atom. The highest BCUT2D eigenvalue weighted by Crippen LogP contribution is 2.31. The monoisotopic (exact) mass is 745 g/mol. The zero-order chi connectivity index (χ0) is 38.9. The van der Waals surface area contributed by atoms with Crippen LogP contribution < -0.4 is 21.7 Å². The Morgan fingerprint density at radius 1 is 0.882 bits per heavy atom. The Bertz CT molecular complexity index is 1710. The smallest absolute Gasteiger partial charge is 0.475 e. The molecule has 1 aromatic heterocycles. The third-order valence-electron chi connectivity index (χ3n) is 6.71. The number of carbonyl (C=O) groups is 3. The number of fused-ring (bicyclic) bond motifs is 1. The fourth-order valence-electron chi connectivity index (χ4n) is 4.48. The first-order valence-corrected chi connectivity index (χ1v) is 14.3. The SMILES string of the molecule is Cc1ccc2nc(C(=O)NCc3cc(F)cc(C(F)(F)F)c3)nc(NC3CCCCC3NC(=N)N)c2c1.O=C(O)C(F)(F)F.O=C(O)C(F)(F)F. The van der Waals surface area contributed by atoms with Crippen LogP contribution in [0.2, 0.25) is 0 Å². The molecule has 2 atom stereocenters. The van der Waals surface area contributed by atoms with Crippen molar-refractivity contribution in [3.8, 4) is 0 Å². The predicted molar refractivity (Wildman–Crippen MR) is 159 cm³/mol. The molecule has 8 N–H and O–H groups in total. The number of carbonyl (C=O) groups excluding carboxylic acids is 1. The van der Waals surface area contributed by atoms with E-state index in [1.807, 2.05) is 19.1 Å². The van der Waals surface area contributed by atoms with E-state index in [1.165, 1.54) is 0 Å². The molecule has 1 heterocycles. The van der Waals surface area contributed by atoms with Crippen molar-refractivity contribution in [1.29, 1.82) is 5.41 Å². The van der Waals surface area contributed by atoms with E-state index in [1.54, 1.807) is 6.07 Å². The van der Waals surface area contributed by atoms with E-state index in [0.717, 1.165) is 43.4 Å². The van der Waals surface area contributed by atoms with Gasteiger partial charge in [0.1, 0.15) is 11.6 Å². The number of halogens is 10. The molecule has 0 radical (unpaired) electrons. The van der Waals surface area contributed by atoms with Gasteiger partial charge >= 0.3 is 30.5 Å². The Labute approximate surface area is 280 Å². The van der Waals surface area contributed by atoms with Gasteiger partial charge in [0.2, 0.25) is 5.82 Å². The summed E-state index contributed by atoms with van der Waals surface area (Å²) in [5.41, 5.74) is 5.84. The number of rotatable bonds is 6. The van der Waals surface area contributed by atoms with Gasteiger partial charge in [-0.1, -0.05) is 24.5 Å². The number of aromatic nitrogens is 2. The average Bonchev–Trinajstić information content (AvgIpc) is 2.99. The fourth-order valence-corrected chi connectivity index (χ4v) is 4.48. The Kier molecular flexibility index (Phi) is 13.9. The number of amides is 1. The highest BCUT2D eigenvalue weighted by Gasteiger charge is 2.39. The predicted octanol–water partition coefficient (Wildman–Crippen LogP) is 5.50. The summed E-state index contributed by atoms with van der Waals surface area (Å²) in [5.74, 6) is -7.17. The van der Waals surface area contributed by atoms with Gasteiger partial charge in [-0.3, -0.25) is 10.2 Å². The lowest BCUT2D eigenvalue weighted by Crippen LogP contribution is -2.50. The molecule has 12 nitrogen and oxygen atoms in total. The summed E-state index contributed by atoms with van der Waals surface area (Å²) in [6.45, 7) is 1.57. The molecule has 0 aliphatic heterocycles. The molecule has 1 aliphatic rings. The van der Waals surface area contributed by atoms with Crippen LogP contribution in [0.5, 0.6) is 0 Å². The molecule has 1 aliphatic carbocycles. The zero-order valence-electron chi connectivity index (χ0n) is 26.0. The van der Waals surface area contributed by atoms with Gasteiger partial charge in [-0.15, -0.1) is 0 Å². The van der Waals surface area contributed by atoms with Crippen LogP contribution in [0.1, 0.15) is 53.0 Å². The number of nitrogens with two attached hydrogens (primary N) is 1. The summed E-state index contributed by atoms with van der Waals surface area (Å²) in [6, 6.07) is 7.38. The summed E-state index contributed by atoms with van der Waals surface area (Å²) >= 11 is 0. The van der Waals surface area contributed by atoms with E-state index in [4.69, 9.17) is 30.9 Å². The molecule has 2 unspecified atom stereocenters. The summed E-state index contributed by atoms with van der Waals surface area (Å²) in [5, 5.41) is 31.4. The maximum atomic E-state index is 13.7. The number of aliphatic carboxylic acids is 2. The Morgan fingerprint density at radius 2 is 1.43 bits per heavy atom. The molecule has 0 bridgehead atoms. The normalized spacial score (nSPS) is 16.1. The van der Waals surface area contributed by atoms with Crippen molar-refractivity contribution in [2.45, 2.75) is 69.8 Å². The van der Waals surface area contributed by atoms with E-state index in [2.05, 4.69) is 25.9 Å². The van der Waals surface area contributed by atoms with Gasteiger partial charge in [-0.2, -0.15) is 39.5 Å². The number of aryl methyl sites for hydroxylation is 1. The third-order valence-corrected chi connectivity index (χ3v) is 6.71.